The van der Waals surface area contributed by atoms with Gasteiger partial charge in [-0.2, -0.15) is 0 Å². The number of benzene rings is 1. The maximum Gasteiger partial charge on any atom is 0.0873 e. The summed E-state index contributed by atoms with van der Waals surface area (Å²) in [4.78, 5) is 4.53. The molecule has 2 atom stereocenters. The van der Waals surface area contributed by atoms with E-state index in [1.54, 1.807) is 0 Å². The van der Waals surface area contributed by atoms with Gasteiger partial charge in [-0.3, -0.25) is 4.98 Å². The highest BCUT2D eigenvalue weighted by Gasteiger charge is 2.28. The summed E-state index contributed by atoms with van der Waals surface area (Å²) in [5.41, 5.74) is 5.82. The van der Waals surface area contributed by atoms with Crippen molar-refractivity contribution in [1.82, 2.24) is 4.98 Å². The number of aliphatic hydroxyl groups is 1. The largest absolute Gasteiger partial charge is 0.388 e. The van der Waals surface area contributed by atoms with E-state index >= 15 is 0 Å². The van der Waals surface area contributed by atoms with Gasteiger partial charge in [0.1, 0.15) is 0 Å². The Labute approximate surface area is 120 Å². The first kappa shape index (κ1) is 13.3. The molecule has 0 spiro atoms. The predicted octanol–water partition coefficient (Wildman–Crippen LogP) is 3.85. The highest BCUT2D eigenvalue weighted by molar-refractivity contribution is 5.34. The molecule has 1 aliphatic carbocycles. The predicted molar refractivity (Wildman–Crippen MR) is 80.8 cm³/mol. The second-order valence-corrected chi connectivity index (χ2v) is 5.91. The standard InChI is InChI=1S/C18H21NO/c1-12-9-13(2)11-15(10-12)18(20)16-7-3-5-14-6-4-8-19-17(14)16/h4,6,8-11,16,18,20H,3,5,7H2,1-2H3. The molecule has 2 nitrogen and oxygen atoms in total. The number of fused-ring (bicyclic) bond motifs is 1. The van der Waals surface area contributed by atoms with Gasteiger partial charge in [-0.15, -0.1) is 0 Å². The van der Waals surface area contributed by atoms with E-state index in [0.29, 0.717) is 0 Å². The SMILES string of the molecule is Cc1cc(C)cc(C(O)C2CCCc3cccnc32)c1. The monoisotopic (exact) mass is 267 g/mol. The second-order valence-electron chi connectivity index (χ2n) is 5.91. The zero-order valence-electron chi connectivity index (χ0n) is 12.1. The van der Waals surface area contributed by atoms with E-state index in [1.807, 2.05) is 12.3 Å². The Morgan fingerprint density at radius 1 is 1.20 bits per heavy atom. The fraction of sp³-hybridized carbons (Fsp3) is 0.389. The van der Waals surface area contributed by atoms with Crippen molar-refractivity contribution in [3.63, 3.8) is 0 Å². The Morgan fingerprint density at radius 3 is 2.70 bits per heavy atom. The molecule has 0 radical (unpaired) electrons. The first-order valence-electron chi connectivity index (χ1n) is 7.35. The minimum Gasteiger partial charge on any atom is -0.388 e. The molecule has 1 N–H and O–H groups in total. The smallest absolute Gasteiger partial charge is 0.0873 e. The van der Waals surface area contributed by atoms with Crippen molar-refractivity contribution in [1.29, 1.82) is 0 Å². The fourth-order valence-corrected chi connectivity index (χ4v) is 3.37. The Hall–Kier alpha value is -1.67. The minimum atomic E-state index is -0.456. The topological polar surface area (TPSA) is 33.1 Å². The summed E-state index contributed by atoms with van der Waals surface area (Å²) in [7, 11) is 0. The van der Waals surface area contributed by atoms with Crippen molar-refractivity contribution in [2.24, 2.45) is 0 Å². The quantitative estimate of drug-likeness (QED) is 0.896. The van der Waals surface area contributed by atoms with Crippen LogP contribution in [0.2, 0.25) is 0 Å². The van der Waals surface area contributed by atoms with Gasteiger partial charge in [0.05, 0.1) is 6.10 Å². The van der Waals surface area contributed by atoms with E-state index in [9.17, 15) is 5.11 Å². The van der Waals surface area contributed by atoms with Gasteiger partial charge in [0.15, 0.2) is 0 Å². The third kappa shape index (κ3) is 2.48. The maximum absolute atomic E-state index is 10.8. The molecule has 0 amide bonds. The van der Waals surface area contributed by atoms with Crippen LogP contribution in [-0.2, 0) is 6.42 Å². The molecule has 1 aromatic heterocycles. The Kier molecular flexibility index (Phi) is 3.58. The van der Waals surface area contributed by atoms with Crippen LogP contribution >= 0.6 is 0 Å². The van der Waals surface area contributed by atoms with E-state index in [-0.39, 0.29) is 5.92 Å². The number of pyridine rings is 1. The zero-order chi connectivity index (χ0) is 14.1. The van der Waals surface area contributed by atoms with Crippen molar-refractivity contribution in [3.05, 3.63) is 64.5 Å². The van der Waals surface area contributed by atoms with Gasteiger partial charge < -0.3 is 5.11 Å². The summed E-state index contributed by atoms with van der Waals surface area (Å²) in [6.45, 7) is 4.16. The summed E-state index contributed by atoms with van der Waals surface area (Å²) >= 11 is 0. The lowest BCUT2D eigenvalue weighted by atomic mass is 9.80. The van der Waals surface area contributed by atoms with Gasteiger partial charge in [-0.1, -0.05) is 35.4 Å². The van der Waals surface area contributed by atoms with Crippen LogP contribution in [0.15, 0.2) is 36.5 Å². The average molecular weight is 267 g/mol. The van der Waals surface area contributed by atoms with E-state index in [1.165, 1.54) is 16.7 Å². The van der Waals surface area contributed by atoms with Crippen LogP contribution in [0.3, 0.4) is 0 Å². The van der Waals surface area contributed by atoms with Crippen LogP contribution in [0, 0.1) is 13.8 Å². The van der Waals surface area contributed by atoms with Gasteiger partial charge in [-0.05, 0) is 50.3 Å². The number of nitrogens with zero attached hydrogens (tertiary/aromatic N) is 1. The Balaban J connectivity index is 1.97. The molecule has 1 heterocycles. The van der Waals surface area contributed by atoms with Crippen LogP contribution < -0.4 is 0 Å². The van der Waals surface area contributed by atoms with E-state index < -0.39 is 6.10 Å². The van der Waals surface area contributed by atoms with Gasteiger partial charge in [0.25, 0.3) is 0 Å². The molecule has 1 aliphatic rings. The number of hydrogen-bond acceptors (Lipinski definition) is 2. The van der Waals surface area contributed by atoms with Gasteiger partial charge in [-0.25, -0.2) is 0 Å². The van der Waals surface area contributed by atoms with Crippen molar-refractivity contribution in [2.75, 3.05) is 0 Å². The Bertz CT molecular complexity index is 600. The van der Waals surface area contributed by atoms with Crippen LogP contribution in [-0.4, -0.2) is 10.1 Å². The summed E-state index contributed by atoms with van der Waals surface area (Å²) in [6, 6.07) is 10.5. The summed E-state index contributed by atoms with van der Waals surface area (Å²) < 4.78 is 0. The lowest BCUT2D eigenvalue weighted by molar-refractivity contribution is 0.134. The van der Waals surface area contributed by atoms with E-state index in [4.69, 9.17) is 0 Å². The molecule has 104 valence electrons. The van der Waals surface area contributed by atoms with Crippen LogP contribution in [0.5, 0.6) is 0 Å². The summed E-state index contributed by atoms with van der Waals surface area (Å²) in [6.07, 6.45) is 4.61. The molecule has 0 aliphatic heterocycles. The van der Waals surface area contributed by atoms with E-state index in [0.717, 1.165) is 30.5 Å². The average Bonchev–Trinajstić information content (AvgIpc) is 2.45. The number of rotatable bonds is 2. The molecule has 2 unspecified atom stereocenters. The first-order chi connectivity index (χ1) is 9.65. The molecule has 0 bridgehead atoms. The summed E-state index contributed by atoms with van der Waals surface area (Å²) in [5.74, 6) is 0.126. The number of aliphatic hydroxyl groups excluding tert-OH is 1. The molecule has 0 fully saturated rings. The lowest BCUT2D eigenvalue weighted by Gasteiger charge is -2.28. The van der Waals surface area contributed by atoms with Crippen molar-refractivity contribution >= 4 is 0 Å². The van der Waals surface area contributed by atoms with Crippen molar-refractivity contribution in [2.45, 2.75) is 45.1 Å². The third-order valence-electron chi connectivity index (χ3n) is 4.21. The normalized spacial score (nSPS) is 19.4. The molecule has 0 saturated heterocycles. The van der Waals surface area contributed by atoms with Gasteiger partial charge in [0.2, 0.25) is 0 Å². The molecular formula is C18H21NO. The second kappa shape index (κ2) is 5.37. The fourth-order valence-electron chi connectivity index (χ4n) is 3.37. The van der Waals surface area contributed by atoms with Crippen molar-refractivity contribution < 1.29 is 5.11 Å². The minimum absolute atomic E-state index is 0.126. The Morgan fingerprint density at radius 2 is 1.95 bits per heavy atom. The molecule has 3 rings (SSSR count). The molecule has 1 aromatic carbocycles. The molecule has 2 aromatic rings. The van der Waals surface area contributed by atoms with E-state index in [2.05, 4.69) is 43.1 Å². The first-order valence-corrected chi connectivity index (χ1v) is 7.35. The number of hydrogen-bond donors (Lipinski definition) is 1. The van der Waals surface area contributed by atoms with Crippen LogP contribution in [0.1, 0.15) is 52.8 Å². The maximum atomic E-state index is 10.8. The molecular weight excluding hydrogens is 246 g/mol. The van der Waals surface area contributed by atoms with Crippen LogP contribution in [0.25, 0.3) is 0 Å². The van der Waals surface area contributed by atoms with Gasteiger partial charge in [0, 0.05) is 17.8 Å². The third-order valence-corrected chi connectivity index (χ3v) is 4.21. The molecule has 2 heteroatoms. The highest BCUT2D eigenvalue weighted by atomic mass is 16.3. The highest BCUT2D eigenvalue weighted by Crippen LogP contribution is 2.39. The summed E-state index contributed by atoms with van der Waals surface area (Å²) in [5, 5.41) is 10.8. The lowest BCUT2D eigenvalue weighted by Crippen LogP contribution is -2.18. The van der Waals surface area contributed by atoms with Crippen LogP contribution in [0.4, 0.5) is 0 Å². The number of aryl methyl sites for hydroxylation is 3. The number of aromatic nitrogens is 1. The zero-order valence-corrected chi connectivity index (χ0v) is 12.1. The van der Waals surface area contributed by atoms with Gasteiger partial charge >= 0.3 is 0 Å². The molecule has 0 saturated carbocycles. The molecule has 20 heavy (non-hydrogen) atoms. The van der Waals surface area contributed by atoms with Crippen molar-refractivity contribution in [3.8, 4) is 0 Å².